The van der Waals surface area contributed by atoms with Gasteiger partial charge in [-0.1, -0.05) is 6.07 Å². The summed E-state index contributed by atoms with van der Waals surface area (Å²) in [6, 6.07) is 7.54. The molecule has 2 aromatic heterocycles. The fourth-order valence-electron chi connectivity index (χ4n) is 1.93. The lowest BCUT2D eigenvalue weighted by molar-refractivity contribution is 0.0767. The first-order chi connectivity index (χ1) is 9.26. The summed E-state index contributed by atoms with van der Waals surface area (Å²) < 4.78 is 0. The highest BCUT2D eigenvalue weighted by atomic mass is 16.2. The molecule has 4 nitrogen and oxygen atoms in total. The fraction of sp³-hybridized carbons (Fsp3) is 0.267. The Morgan fingerprint density at radius 3 is 2.58 bits per heavy atom. The molecular formula is C15H17N3O. The smallest absolute Gasteiger partial charge is 0.272 e. The zero-order valence-corrected chi connectivity index (χ0v) is 11.2. The van der Waals surface area contributed by atoms with Gasteiger partial charge in [0.2, 0.25) is 0 Å². The number of pyridine rings is 2. The minimum atomic E-state index is -0.0317. The van der Waals surface area contributed by atoms with E-state index in [1.165, 1.54) is 0 Å². The summed E-state index contributed by atoms with van der Waals surface area (Å²) in [5.41, 5.74) is 2.42. The summed E-state index contributed by atoms with van der Waals surface area (Å²) in [4.78, 5) is 22.3. The van der Waals surface area contributed by atoms with Gasteiger partial charge in [0.1, 0.15) is 5.69 Å². The lowest BCUT2D eigenvalue weighted by atomic mass is 10.1. The van der Waals surface area contributed by atoms with Crippen molar-refractivity contribution >= 4 is 5.91 Å². The van der Waals surface area contributed by atoms with Crippen molar-refractivity contribution in [2.45, 2.75) is 13.8 Å². The first-order valence-electron chi connectivity index (χ1n) is 6.42. The monoisotopic (exact) mass is 255 g/mol. The predicted octanol–water partition coefficient (Wildman–Crippen LogP) is 2.63. The Labute approximate surface area is 113 Å². The third kappa shape index (κ3) is 2.96. The summed E-state index contributed by atoms with van der Waals surface area (Å²) in [7, 11) is 0. The molecule has 2 heterocycles. The van der Waals surface area contributed by atoms with Crippen molar-refractivity contribution in [3.63, 3.8) is 0 Å². The fourth-order valence-corrected chi connectivity index (χ4v) is 1.93. The Morgan fingerprint density at radius 2 is 1.95 bits per heavy atom. The largest absolute Gasteiger partial charge is 0.338 e. The molecule has 1 amide bonds. The van der Waals surface area contributed by atoms with Crippen LogP contribution in [0.1, 0.15) is 24.3 Å². The van der Waals surface area contributed by atoms with Gasteiger partial charge in [0.15, 0.2) is 0 Å². The Kier molecular flexibility index (Phi) is 4.23. The molecule has 0 saturated carbocycles. The molecule has 4 heteroatoms. The molecule has 0 atom stereocenters. The molecule has 0 saturated heterocycles. The highest BCUT2D eigenvalue weighted by molar-refractivity contribution is 5.93. The maximum absolute atomic E-state index is 12.2. The topological polar surface area (TPSA) is 46.1 Å². The van der Waals surface area contributed by atoms with Crippen molar-refractivity contribution in [1.29, 1.82) is 0 Å². The van der Waals surface area contributed by atoms with E-state index < -0.39 is 0 Å². The molecule has 0 aliphatic rings. The van der Waals surface area contributed by atoms with Gasteiger partial charge in [0, 0.05) is 37.2 Å². The van der Waals surface area contributed by atoms with Gasteiger partial charge >= 0.3 is 0 Å². The Balaban J connectivity index is 2.32. The standard InChI is InChI=1S/C15H17N3O/c1-3-18(4-2)15(19)14-10-12(7-9-17-14)13-6-5-8-16-11-13/h5-11H,3-4H2,1-2H3. The first kappa shape index (κ1) is 13.2. The van der Waals surface area contributed by atoms with E-state index >= 15 is 0 Å². The van der Waals surface area contributed by atoms with Crippen LogP contribution in [0.4, 0.5) is 0 Å². The highest BCUT2D eigenvalue weighted by Gasteiger charge is 2.14. The van der Waals surface area contributed by atoms with Crippen molar-refractivity contribution in [2.75, 3.05) is 13.1 Å². The molecule has 0 aliphatic heterocycles. The van der Waals surface area contributed by atoms with Gasteiger partial charge in [0.25, 0.3) is 5.91 Å². The van der Waals surface area contributed by atoms with Crippen LogP contribution in [-0.4, -0.2) is 33.9 Å². The van der Waals surface area contributed by atoms with Crippen LogP contribution in [0.3, 0.4) is 0 Å². The van der Waals surface area contributed by atoms with Gasteiger partial charge in [-0.25, -0.2) is 0 Å². The second-order valence-corrected chi connectivity index (χ2v) is 4.15. The summed E-state index contributed by atoms with van der Waals surface area (Å²) >= 11 is 0. The van der Waals surface area contributed by atoms with Crippen LogP contribution >= 0.6 is 0 Å². The van der Waals surface area contributed by atoms with E-state index in [2.05, 4.69) is 9.97 Å². The van der Waals surface area contributed by atoms with Crippen molar-refractivity contribution in [3.8, 4) is 11.1 Å². The van der Waals surface area contributed by atoms with E-state index in [0.717, 1.165) is 11.1 Å². The van der Waals surface area contributed by atoms with Gasteiger partial charge in [-0.05, 0) is 37.6 Å². The van der Waals surface area contributed by atoms with Crippen LogP contribution in [-0.2, 0) is 0 Å². The van der Waals surface area contributed by atoms with Crippen molar-refractivity contribution in [1.82, 2.24) is 14.9 Å². The second-order valence-electron chi connectivity index (χ2n) is 4.15. The minimum absolute atomic E-state index is 0.0317. The average molecular weight is 255 g/mol. The number of carbonyl (C=O) groups is 1. The third-order valence-electron chi connectivity index (χ3n) is 3.02. The molecular weight excluding hydrogens is 238 g/mol. The van der Waals surface area contributed by atoms with E-state index in [0.29, 0.717) is 18.8 Å². The van der Waals surface area contributed by atoms with Gasteiger partial charge in [0.05, 0.1) is 0 Å². The zero-order valence-electron chi connectivity index (χ0n) is 11.2. The van der Waals surface area contributed by atoms with E-state index in [1.54, 1.807) is 23.5 Å². The third-order valence-corrected chi connectivity index (χ3v) is 3.02. The number of carbonyl (C=O) groups excluding carboxylic acids is 1. The lowest BCUT2D eigenvalue weighted by Crippen LogP contribution is -2.31. The second kappa shape index (κ2) is 6.09. The number of rotatable bonds is 4. The van der Waals surface area contributed by atoms with Crippen LogP contribution < -0.4 is 0 Å². The molecule has 0 unspecified atom stereocenters. The van der Waals surface area contributed by atoms with Gasteiger partial charge < -0.3 is 4.90 Å². The molecule has 0 bridgehead atoms. The van der Waals surface area contributed by atoms with Crippen LogP contribution in [0.15, 0.2) is 42.9 Å². The van der Waals surface area contributed by atoms with Crippen LogP contribution in [0.25, 0.3) is 11.1 Å². The quantitative estimate of drug-likeness (QED) is 0.843. The molecule has 0 aliphatic carbocycles. The number of amides is 1. The molecule has 0 aromatic carbocycles. The van der Waals surface area contributed by atoms with E-state index in [1.807, 2.05) is 38.1 Å². The Bertz CT molecular complexity index is 550. The molecule has 2 aromatic rings. The van der Waals surface area contributed by atoms with Gasteiger partial charge in [-0.15, -0.1) is 0 Å². The predicted molar refractivity (Wildman–Crippen MR) is 74.7 cm³/mol. The summed E-state index contributed by atoms with van der Waals surface area (Å²) in [6.45, 7) is 5.31. The molecule has 0 fully saturated rings. The van der Waals surface area contributed by atoms with Gasteiger partial charge in [-0.3, -0.25) is 14.8 Å². The molecule has 19 heavy (non-hydrogen) atoms. The summed E-state index contributed by atoms with van der Waals surface area (Å²) in [5.74, 6) is -0.0317. The van der Waals surface area contributed by atoms with Crippen LogP contribution in [0.5, 0.6) is 0 Å². The maximum Gasteiger partial charge on any atom is 0.272 e. The van der Waals surface area contributed by atoms with Crippen LogP contribution in [0.2, 0.25) is 0 Å². The number of hydrogen-bond donors (Lipinski definition) is 0. The lowest BCUT2D eigenvalue weighted by Gasteiger charge is -2.18. The number of aromatic nitrogens is 2. The van der Waals surface area contributed by atoms with Crippen molar-refractivity contribution in [2.24, 2.45) is 0 Å². The molecule has 0 spiro atoms. The number of nitrogens with zero attached hydrogens (tertiary/aromatic N) is 3. The molecule has 98 valence electrons. The van der Waals surface area contributed by atoms with E-state index in [-0.39, 0.29) is 5.91 Å². The van der Waals surface area contributed by atoms with Crippen molar-refractivity contribution < 1.29 is 4.79 Å². The van der Waals surface area contributed by atoms with Gasteiger partial charge in [-0.2, -0.15) is 0 Å². The number of hydrogen-bond acceptors (Lipinski definition) is 3. The molecule has 0 radical (unpaired) electrons. The Hall–Kier alpha value is -2.23. The molecule has 0 N–H and O–H groups in total. The van der Waals surface area contributed by atoms with Crippen LogP contribution in [0, 0.1) is 0 Å². The normalized spacial score (nSPS) is 10.2. The summed E-state index contributed by atoms with van der Waals surface area (Å²) in [6.07, 6.45) is 5.17. The summed E-state index contributed by atoms with van der Waals surface area (Å²) in [5, 5.41) is 0. The SMILES string of the molecule is CCN(CC)C(=O)c1cc(-c2cccnc2)ccn1. The van der Waals surface area contributed by atoms with Crippen molar-refractivity contribution in [3.05, 3.63) is 48.5 Å². The van der Waals surface area contributed by atoms with E-state index in [9.17, 15) is 4.79 Å². The zero-order chi connectivity index (χ0) is 13.7. The highest BCUT2D eigenvalue weighted by Crippen LogP contribution is 2.18. The molecule has 2 rings (SSSR count). The minimum Gasteiger partial charge on any atom is -0.338 e. The Morgan fingerprint density at radius 1 is 1.16 bits per heavy atom. The maximum atomic E-state index is 12.2. The average Bonchev–Trinajstić information content (AvgIpc) is 2.49. The first-order valence-corrected chi connectivity index (χ1v) is 6.42. The van der Waals surface area contributed by atoms with E-state index in [4.69, 9.17) is 0 Å².